The van der Waals surface area contributed by atoms with E-state index in [1.165, 1.54) is 34.1 Å². The van der Waals surface area contributed by atoms with Crippen LogP contribution in [0.15, 0.2) is 85.3 Å². The van der Waals surface area contributed by atoms with Gasteiger partial charge in [0.25, 0.3) is 0 Å². The molecule has 0 amide bonds. The molecule has 3 atom stereocenters. The lowest BCUT2D eigenvalue weighted by atomic mass is 9.95. The summed E-state index contributed by atoms with van der Waals surface area (Å²) in [5, 5.41) is 8.31. The van der Waals surface area contributed by atoms with E-state index in [4.69, 9.17) is 4.98 Å². The Morgan fingerprint density at radius 2 is 1.42 bits per heavy atom. The topological polar surface area (TPSA) is 97.2 Å². The van der Waals surface area contributed by atoms with Crippen molar-refractivity contribution in [2.75, 3.05) is 7.05 Å². The first-order chi connectivity index (χ1) is 22.0. The van der Waals surface area contributed by atoms with Gasteiger partial charge in [-0.25, -0.2) is 9.97 Å². The summed E-state index contributed by atoms with van der Waals surface area (Å²) in [7, 11) is 2.00. The van der Waals surface area contributed by atoms with E-state index in [2.05, 4.69) is 118 Å². The predicted octanol–water partition coefficient (Wildman–Crippen LogP) is 8.79. The first-order valence-corrected chi connectivity index (χ1v) is 16.4. The second-order valence-electron chi connectivity index (χ2n) is 12.8. The van der Waals surface area contributed by atoms with Crippen LogP contribution in [0.3, 0.4) is 0 Å². The number of imidazole rings is 2. The molecular formula is C38H43N7. The Hall–Kier alpha value is -4.46. The highest BCUT2D eigenvalue weighted by Gasteiger charge is 2.25. The fraction of sp³-hybridized carbons (Fsp3) is 0.316. The van der Waals surface area contributed by atoms with Crippen LogP contribution in [0.5, 0.6) is 0 Å². The number of hydrogen-bond acceptors (Lipinski definition) is 4. The summed E-state index contributed by atoms with van der Waals surface area (Å²) in [6.45, 7) is 6.72. The second kappa shape index (κ2) is 12.5. The molecule has 230 valence electrons. The molecule has 3 aromatic heterocycles. The number of fused-ring (bicyclic) bond motifs is 1. The maximum Gasteiger partial charge on any atom is 0.123 e. The molecule has 1 aliphatic rings. The number of rotatable bonds is 10. The second-order valence-corrected chi connectivity index (χ2v) is 12.8. The van der Waals surface area contributed by atoms with Crippen LogP contribution >= 0.6 is 0 Å². The van der Waals surface area contributed by atoms with Crippen LogP contribution in [0.2, 0.25) is 0 Å². The number of aromatic amines is 3. The average molecular weight is 598 g/mol. The fourth-order valence-corrected chi connectivity index (χ4v) is 6.82. The van der Waals surface area contributed by atoms with E-state index in [1.807, 2.05) is 25.6 Å². The quantitative estimate of drug-likeness (QED) is 0.109. The van der Waals surface area contributed by atoms with Gasteiger partial charge in [0.05, 0.1) is 41.4 Å². The van der Waals surface area contributed by atoms with Gasteiger partial charge in [0, 0.05) is 23.2 Å². The Balaban J connectivity index is 1.10. The van der Waals surface area contributed by atoms with Crippen molar-refractivity contribution in [3.63, 3.8) is 0 Å². The van der Waals surface area contributed by atoms with Crippen LogP contribution in [0, 0.1) is 5.92 Å². The molecule has 0 bridgehead atoms. The standard InChI is InChI=1S/C38H43N7/c1-5-28-14-17-32(43-28)37-41-21-34(44-37)27-12-8-25(9-13-27)30-16-15-29(31-18-19-40-36(30)31)24-6-10-26(11-7-24)35-22-42-38(45-35)33(39-4)20-23(2)3/h6-13,15-16,18-19,21-23,28,32-33,39-40,43H,5,14,17,20H2,1-4H3,(H,41,44)(H,42,45)/t28?,32-,33-/m0/s1. The molecule has 1 unspecified atom stereocenters. The molecule has 3 aromatic carbocycles. The normalized spacial score (nSPS) is 17.4. The van der Waals surface area contributed by atoms with Gasteiger partial charge in [-0.3, -0.25) is 0 Å². The number of hydrogen-bond donors (Lipinski definition) is 5. The molecule has 7 rings (SSSR count). The maximum absolute atomic E-state index is 4.71. The highest BCUT2D eigenvalue weighted by Crippen LogP contribution is 2.37. The van der Waals surface area contributed by atoms with Gasteiger partial charge < -0.3 is 25.6 Å². The first-order valence-electron chi connectivity index (χ1n) is 16.4. The van der Waals surface area contributed by atoms with Crippen LogP contribution in [0.25, 0.3) is 55.7 Å². The van der Waals surface area contributed by atoms with Crippen molar-refractivity contribution >= 4 is 10.9 Å². The van der Waals surface area contributed by atoms with E-state index >= 15 is 0 Å². The average Bonchev–Trinajstić information content (AvgIpc) is 3.90. The number of nitrogens with one attached hydrogen (secondary N) is 5. The molecule has 0 radical (unpaired) electrons. The molecule has 0 saturated carbocycles. The molecule has 45 heavy (non-hydrogen) atoms. The molecule has 0 spiro atoms. The van der Waals surface area contributed by atoms with E-state index in [9.17, 15) is 0 Å². The molecule has 1 aliphatic heterocycles. The Bertz CT molecular complexity index is 1870. The highest BCUT2D eigenvalue weighted by atomic mass is 15.1. The minimum atomic E-state index is 0.223. The Labute approximate surface area is 265 Å². The monoisotopic (exact) mass is 597 g/mol. The van der Waals surface area contributed by atoms with Gasteiger partial charge in [0.2, 0.25) is 0 Å². The zero-order valence-electron chi connectivity index (χ0n) is 26.6. The fourth-order valence-electron chi connectivity index (χ4n) is 6.82. The van der Waals surface area contributed by atoms with E-state index in [0.717, 1.165) is 58.9 Å². The van der Waals surface area contributed by atoms with Crippen LogP contribution in [-0.2, 0) is 0 Å². The summed E-state index contributed by atoms with van der Waals surface area (Å²) in [6, 6.07) is 25.4. The van der Waals surface area contributed by atoms with Crippen molar-refractivity contribution < 1.29 is 0 Å². The lowest BCUT2D eigenvalue weighted by Crippen LogP contribution is -2.23. The third kappa shape index (κ3) is 5.86. The number of aromatic nitrogens is 5. The van der Waals surface area contributed by atoms with Gasteiger partial charge in [-0.1, -0.05) is 81.4 Å². The van der Waals surface area contributed by atoms with Crippen molar-refractivity contribution in [2.45, 2.75) is 64.6 Å². The van der Waals surface area contributed by atoms with Gasteiger partial charge in [-0.15, -0.1) is 0 Å². The molecule has 1 fully saturated rings. The predicted molar refractivity (Wildman–Crippen MR) is 185 cm³/mol. The molecule has 7 nitrogen and oxygen atoms in total. The number of benzene rings is 3. The minimum absolute atomic E-state index is 0.223. The summed E-state index contributed by atoms with van der Waals surface area (Å²) < 4.78 is 0. The van der Waals surface area contributed by atoms with Crippen molar-refractivity contribution in [1.29, 1.82) is 0 Å². The van der Waals surface area contributed by atoms with Gasteiger partial charge in [-0.2, -0.15) is 0 Å². The number of nitrogens with zero attached hydrogens (tertiary/aromatic N) is 2. The van der Waals surface area contributed by atoms with E-state index in [-0.39, 0.29) is 6.04 Å². The van der Waals surface area contributed by atoms with Gasteiger partial charge >= 0.3 is 0 Å². The lowest BCUT2D eigenvalue weighted by molar-refractivity contribution is 0.442. The molecule has 6 aromatic rings. The Morgan fingerprint density at radius 1 is 0.778 bits per heavy atom. The van der Waals surface area contributed by atoms with Crippen LogP contribution in [-0.4, -0.2) is 38.0 Å². The lowest BCUT2D eigenvalue weighted by Gasteiger charge is -2.15. The maximum atomic E-state index is 4.71. The minimum Gasteiger partial charge on any atom is -0.361 e. The molecule has 1 saturated heterocycles. The largest absolute Gasteiger partial charge is 0.361 e. The van der Waals surface area contributed by atoms with Crippen molar-refractivity contribution in [3.05, 3.63) is 97.0 Å². The highest BCUT2D eigenvalue weighted by molar-refractivity contribution is 6.03. The third-order valence-corrected chi connectivity index (χ3v) is 9.38. The molecule has 5 N–H and O–H groups in total. The molecule has 7 heteroatoms. The van der Waals surface area contributed by atoms with Crippen molar-refractivity contribution in [3.8, 4) is 44.8 Å². The zero-order chi connectivity index (χ0) is 30.9. The number of H-pyrrole nitrogens is 3. The van der Waals surface area contributed by atoms with Gasteiger partial charge in [0.15, 0.2) is 0 Å². The van der Waals surface area contributed by atoms with Crippen LogP contribution < -0.4 is 10.6 Å². The summed E-state index contributed by atoms with van der Waals surface area (Å²) >= 11 is 0. The molecule has 4 heterocycles. The molecule has 0 aliphatic carbocycles. The summed E-state index contributed by atoms with van der Waals surface area (Å²) in [5.41, 5.74) is 10.3. The van der Waals surface area contributed by atoms with Gasteiger partial charge in [-0.05, 0) is 72.5 Å². The zero-order valence-corrected chi connectivity index (χ0v) is 26.6. The molecular weight excluding hydrogens is 554 g/mol. The Kier molecular flexibility index (Phi) is 8.13. The Morgan fingerprint density at radius 3 is 2.09 bits per heavy atom. The first kappa shape index (κ1) is 29.3. The smallest absolute Gasteiger partial charge is 0.123 e. The summed E-state index contributed by atoms with van der Waals surface area (Å²) in [5.74, 6) is 2.62. The van der Waals surface area contributed by atoms with E-state index in [1.54, 1.807) is 0 Å². The summed E-state index contributed by atoms with van der Waals surface area (Å²) in [4.78, 5) is 20.0. The van der Waals surface area contributed by atoms with Crippen LogP contribution in [0.1, 0.15) is 70.2 Å². The van der Waals surface area contributed by atoms with Crippen molar-refractivity contribution in [2.24, 2.45) is 5.92 Å². The third-order valence-electron chi connectivity index (χ3n) is 9.38. The van der Waals surface area contributed by atoms with E-state index in [0.29, 0.717) is 18.0 Å². The SMILES string of the molecule is CCC1CC[C@@H](c2ncc(-c3ccc(-c4ccc(-c5ccc(-c6cnc([C@H](CC(C)C)NC)[nH]6)cc5)c5cc[nH]c45)cc3)[nH]2)N1. The van der Waals surface area contributed by atoms with Crippen LogP contribution in [0.4, 0.5) is 0 Å². The van der Waals surface area contributed by atoms with Crippen molar-refractivity contribution in [1.82, 2.24) is 35.6 Å². The summed E-state index contributed by atoms with van der Waals surface area (Å²) in [6.07, 6.45) is 10.5. The van der Waals surface area contributed by atoms with Gasteiger partial charge in [0.1, 0.15) is 11.6 Å². The van der Waals surface area contributed by atoms with E-state index < -0.39 is 0 Å².